The van der Waals surface area contributed by atoms with E-state index in [1.165, 1.54) is 4.70 Å². The van der Waals surface area contributed by atoms with Gasteiger partial charge in [-0.2, -0.15) is 4.98 Å². The minimum atomic E-state index is 0.166. The number of hydrogen-bond donors (Lipinski definition) is 1. The molecule has 1 atom stereocenters. The third kappa shape index (κ3) is 3.17. The molecule has 134 valence electrons. The molecule has 0 aliphatic carbocycles. The van der Waals surface area contributed by atoms with E-state index in [2.05, 4.69) is 52.2 Å². The maximum atomic E-state index is 5.53. The third-order valence-electron chi connectivity index (χ3n) is 4.57. The first kappa shape index (κ1) is 16.9. The van der Waals surface area contributed by atoms with Crippen LogP contribution in [0.3, 0.4) is 0 Å². The molecule has 3 aromatic rings. The molecular formula is C16H22N6OS2. The Bertz CT molecular complexity index is 820. The molecule has 1 aliphatic heterocycles. The number of anilines is 1. The average Bonchev–Trinajstić information content (AvgIpc) is 3.30. The van der Waals surface area contributed by atoms with Crippen LogP contribution in [0.2, 0.25) is 0 Å². The van der Waals surface area contributed by atoms with Crippen LogP contribution < -0.4 is 10.2 Å². The standard InChI is InChI=1S/C16H22N6OS2/c1-4-22(5-2)16-19-15-12(25-16)8-11(24-15)14-18-13(20-23-14)10-9-17-6-7-21(10)3/h8,10,17H,4-7,9H2,1-3H3. The quantitative estimate of drug-likeness (QED) is 0.732. The molecule has 1 aliphatic rings. The van der Waals surface area contributed by atoms with Gasteiger partial charge in [-0.1, -0.05) is 16.5 Å². The van der Waals surface area contributed by atoms with E-state index >= 15 is 0 Å². The Morgan fingerprint density at radius 1 is 1.32 bits per heavy atom. The highest BCUT2D eigenvalue weighted by Crippen LogP contribution is 2.38. The lowest BCUT2D eigenvalue weighted by atomic mass is 10.2. The Balaban J connectivity index is 1.59. The summed E-state index contributed by atoms with van der Waals surface area (Å²) in [7, 11) is 2.10. The van der Waals surface area contributed by atoms with Crippen LogP contribution in [0.15, 0.2) is 10.6 Å². The lowest BCUT2D eigenvalue weighted by Crippen LogP contribution is -2.44. The van der Waals surface area contributed by atoms with Gasteiger partial charge in [0.25, 0.3) is 5.89 Å². The van der Waals surface area contributed by atoms with Crippen molar-refractivity contribution in [3.05, 3.63) is 11.9 Å². The number of nitrogens with one attached hydrogen (secondary N) is 1. The number of nitrogens with zero attached hydrogens (tertiary/aromatic N) is 5. The Morgan fingerprint density at radius 3 is 2.88 bits per heavy atom. The van der Waals surface area contributed by atoms with Crippen LogP contribution in [0.5, 0.6) is 0 Å². The SMILES string of the molecule is CCN(CC)c1nc2sc(-c3nc(C4CNCCN4C)no3)cc2s1. The van der Waals surface area contributed by atoms with Crippen molar-refractivity contribution in [3.8, 4) is 10.8 Å². The fourth-order valence-corrected chi connectivity index (χ4v) is 5.28. The van der Waals surface area contributed by atoms with E-state index in [-0.39, 0.29) is 6.04 Å². The summed E-state index contributed by atoms with van der Waals surface area (Å²) < 4.78 is 6.71. The topological polar surface area (TPSA) is 70.3 Å². The molecule has 0 saturated carbocycles. The summed E-state index contributed by atoms with van der Waals surface area (Å²) >= 11 is 3.34. The maximum Gasteiger partial charge on any atom is 0.268 e. The molecule has 0 spiro atoms. The normalized spacial score (nSPS) is 18.9. The summed E-state index contributed by atoms with van der Waals surface area (Å²) in [6, 6.07) is 2.28. The molecule has 9 heteroatoms. The van der Waals surface area contributed by atoms with Crippen molar-refractivity contribution in [3.63, 3.8) is 0 Å². The van der Waals surface area contributed by atoms with E-state index in [4.69, 9.17) is 9.51 Å². The predicted octanol–water partition coefficient (Wildman–Crippen LogP) is 2.83. The number of thiazole rings is 1. The zero-order valence-corrected chi connectivity index (χ0v) is 16.3. The van der Waals surface area contributed by atoms with Crippen molar-refractivity contribution in [2.24, 2.45) is 0 Å². The number of hydrogen-bond acceptors (Lipinski definition) is 9. The van der Waals surface area contributed by atoms with E-state index in [1.807, 2.05) is 0 Å². The van der Waals surface area contributed by atoms with Gasteiger partial charge in [0.1, 0.15) is 4.83 Å². The zero-order valence-electron chi connectivity index (χ0n) is 14.7. The predicted molar refractivity (Wildman–Crippen MR) is 103 cm³/mol. The van der Waals surface area contributed by atoms with Crippen molar-refractivity contribution in [2.45, 2.75) is 19.9 Å². The zero-order chi connectivity index (χ0) is 17.4. The molecule has 1 N–H and O–H groups in total. The molecule has 1 saturated heterocycles. The van der Waals surface area contributed by atoms with Gasteiger partial charge < -0.3 is 14.7 Å². The van der Waals surface area contributed by atoms with Gasteiger partial charge in [-0.3, -0.25) is 4.90 Å². The molecule has 7 nitrogen and oxygen atoms in total. The summed E-state index contributed by atoms with van der Waals surface area (Å²) in [6.45, 7) is 9.09. The lowest BCUT2D eigenvalue weighted by Gasteiger charge is -2.30. The van der Waals surface area contributed by atoms with E-state index in [0.717, 1.165) is 53.4 Å². The van der Waals surface area contributed by atoms with Crippen LogP contribution in [-0.2, 0) is 0 Å². The molecule has 1 fully saturated rings. The smallest absolute Gasteiger partial charge is 0.268 e. The molecule has 0 bridgehead atoms. The van der Waals surface area contributed by atoms with Crippen LogP contribution in [0.25, 0.3) is 20.3 Å². The Kier molecular flexibility index (Phi) is 4.72. The Labute approximate surface area is 154 Å². The van der Waals surface area contributed by atoms with E-state index < -0.39 is 0 Å². The molecule has 1 unspecified atom stereocenters. The summed E-state index contributed by atoms with van der Waals surface area (Å²) in [4.78, 5) is 16.0. The molecule has 4 rings (SSSR count). The van der Waals surface area contributed by atoms with E-state index in [9.17, 15) is 0 Å². The van der Waals surface area contributed by atoms with Crippen molar-refractivity contribution in [1.82, 2.24) is 25.3 Å². The highest BCUT2D eigenvalue weighted by molar-refractivity contribution is 7.30. The van der Waals surface area contributed by atoms with Crippen LogP contribution in [0, 0.1) is 0 Å². The Hall–Kier alpha value is -1.55. The molecular weight excluding hydrogens is 356 g/mol. The molecule has 4 heterocycles. The second kappa shape index (κ2) is 6.99. The number of aromatic nitrogens is 3. The second-order valence-electron chi connectivity index (χ2n) is 6.11. The van der Waals surface area contributed by atoms with Crippen LogP contribution in [0.1, 0.15) is 25.7 Å². The van der Waals surface area contributed by atoms with Gasteiger partial charge in [-0.15, -0.1) is 11.3 Å². The summed E-state index contributed by atoms with van der Waals surface area (Å²) in [5.41, 5.74) is 0. The van der Waals surface area contributed by atoms with Gasteiger partial charge in [0, 0.05) is 32.7 Å². The van der Waals surface area contributed by atoms with E-state index in [1.54, 1.807) is 22.7 Å². The highest BCUT2D eigenvalue weighted by Gasteiger charge is 2.26. The van der Waals surface area contributed by atoms with Gasteiger partial charge in [0.15, 0.2) is 11.0 Å². The third-order valence-corrected chi connectivity index (χ3v) is 6.78. The number of piperazine rings is 1. The molecule has 0 amide bonds. The molecule has 25 heavy (non-hydrogen) atoms. The van der Waals surface area contributed by atoms with Gasteiger partial charge in [0.2, 0.25) is 0 Å². The number of fused-ring (bicyclic) bond motifs is 1. The van der Waals surface area contributed by atoms with Crippen molar-refractivity contribution in [2.75, 3.05) is 44.7 Å². The maximum absolute atomic E-state index is 5.53. The number of thiophene rings is 1. The number of likely N-dealkylation sites (N-methyl/N-ethyl adjacent to an activating group) is 1. The minimum Gasteiger partial charge on any atom is -0.349 e. The first-order valence-electron chi connectivity index (χ1n) is 8.59. The van der Waals surface area contributed by atoms with Crippen molar-refractivity contribution >= 4 is 37.3 Å². The van der Waals surface area contributed by atoms with Crippen LogP contribution in [0.4, 0.5) is 5.13 Å². The highest BCUT2D eigenvalue weighted by atomic mass is 32.1. The van der Waals surface area contributed by atoms with Crippen molar-refractivity contribution in [1.29, 1.82) is 0 Å². The minimum absolute atomic E-state index is 0.166. The molecule has 3 aromatic heterocycles. The van der Waals surface area contributed by atoms with Gasteiger partial charge >= 0.3 is 0 Å². The van der Waals surface area contributed by atoms with Crippen LogP contribution in [-0.4, -0.2) is 59.8 Å². The monoisotopic (exact) mass is 378 g/mol. The summed E-state index contributed by atoms with van der Waals surface area (Å²) in [5.74, 6) is 1.34. The molecule has 0 radical (unpaired) electrons. The lowest BCUT2D eigenvalue weighted by molar-refractivity contribution is 0.190. The fraction of sp³-hybridized carbons (Fsp3) is 0.562. The van der Waals surface area contributed by atoms with Gasteiger partial charge in [-0.05, 0) is 27.0 Å². The van der Waals surface area contributed by atoms with Gasteiger partial charge in [-0.25, -0.2) is 4.98 Å². The van der Waals surface area contributed by atoms with Gasteiger partial charge in [0.05, 0.1) is 15.6 Å². The largest absolute Gasteiger partial charge is 0.349 e. The van der Waals surface area contributed by atoms with E-state index in [0.29, 0.717) is 5.89 Å². The second-order valence-corrected chi connectivity index (χ2v) is 8.15. The molecule has 0 aromatic carbocycles. The summed E-state index contributed by atoms with van der Waals surface area (Å²) in [6.07, 6.45) is 0. The average molecular weight is 379 g/mol. The first-order valence-corrected chi connectivity index (χ1v) is 10.2. The summed E-state index contributed by atoms with van der Waals surface area (Å²) in [5, 5.41) is 8.67. The number of rotatable bonds is 5. The van der Waals surface area contributed by atoms with Crippen molar-refractivity contribution < 1.29 is 4.52 Å². The first-order chi connectivity index (χ1) is 12.2. The fourth-order valence-electron chi connectivity index (χ4n) is 3.02. The Morgan fingerprint density at radius 2 is 2.16 bits per heavy atom. The van der Waals surface area contributed by atoms with Crippen LogP contribution >= 0.6 is 22.7 Å².